The van der Waals surface area contributed by atoms with E-state index in [0.717, 1.165) is 28.4 Å². The second kappa shape index (κ2) is 6.05. The number of nitrogens with zero attached hydrogens (tertiary/aromatic N) is 3. The molecule has 4 aromatic rings. The Balaban J connectivity index is 1.78. The van der Waals surface area contributed by atoms with E-state index in [4.69, 9.17) is 0 Å². The van der Waals surface area contributed by atoms with E-state index in [1.54, 1.807) is 22.9 Å². The van der Waals surface area contributed by atoms with Gasteiger partial charge in [-0.25, -0.2) is 4.98 Å². The molecule has 2 N–H and O–H groups in total. The molecule has 3 aromatic heterocycles. The summed E-state index contributed by atoms with van der Waals surface area (Å²) in [6, 6.07) is 11.5. The molecule has 25 heavy (non-hydrogen) atoms. The van der Waals surface area contributed by atoms with Crippen LogP contribution in [0, 0.1) is 0 Å². The number of fused-ring (bicyclic) bond motifs is 2. The summed E-state index contributed by atoms with van der Waals surface area (Å²) in [4.78, 5) is 24.5. The third kappa shape index (κ3) is 2.76. The zero-order valence-electron chi connectivity index (χ0n) is 14.2. The summed E-state index contributed by atoms with van der Waals surface area (Å²) in [6.45, 7) is 4.08. The first kappa shape index (κ1) is 15.4. The van der Waals surface area contributed by atoms with Crippen LogP contribution < -0.4 is 10.9 Å². The monoisotopic (exact) mass is 333 g/mol. The molecule has 0 saturated carbocycles. The summed E-state index contributed by atoms with van der Waals surface area (Å²) in [6.07, 6.45) is 4.51. The second-order valence-electron chi connectivity index (χ2n) is 6.18. The first-order chi connectivity index (χ1) is 12.2. The number of aromatic amines is 1. The molecule has 0 spiro atoms. The third-order valence-corrected chi connectivity index (χ3v) is 4.51. The summed E-state index contributed by atoms with van der Waals surface area (Å²) in [7, 11) is 0. The number of benzene rings is 1. The summed E-state index contributed by atoms with van der Waals surface area (Å²) >= 11 is 0. The molecule has 0 aliphatic carbocycles. The van der Waals surface area contributed by atoms with E-state index in [9.17, 15) is 4.79 Å². The van der Waals surface area contributed by atoms with Crippen molar-refractivity contribution in [1.82, 2.24) is 19.5 Å². The number of nitrogens with one attached hydrogen (secondary N) is 2. The SMILES string of the molecule is CCC(C)n1c(=O)ccc2cnc(Nc3ccc4[nH]ccc4c3)nc21. The molecule has 0 aliphatic rings. The van der Waals surface area contributed by atoms with Crippen molar-refractivity contribution in [1.29, 1.82) is 0 Å². The van der Waals surface area contributed by atoms with Crippen molar-refractivity contribution in [3.05, 3.63) is 59.1 Å². The van der Waals surface area contributed by atoms with E-state index >= 15 is 0 Å². The highest BCUT2D eigenvalue weighted by Crippen LogP contribution is 2.22. The summed E-state index contributed by atoms with van der Waals surface area (Å²) < 4.78 is 1.73. The first-order valence-corrected chi connectivity index (χ1v) is 8.38. The fourth-order valence-corrected chi connectivity index (χ4v) is 2.97. The molecule has 0 bridgehead atoms. The van der Waals surface area contributed by atoms with Crippen molar-refractivity contribution in [2.24, 2.45) is 0 Å². The fraction of sp³-hybridized carbons (Fsp3) is 0.211. The van der Waals surface area contributed by atoms with Crippen molar-refractivity contribution in [3.8, 4) is 0 Å². The lowest BCUT2D eigenvalue weighted by atomic mass is 10.2. The van der Waals surface area contributed by atoms with E-state index in [-0.39, 0.29) is 11.6 Å². The van der Waals surface area contributed by atoms with Crippen LogP contribution in [0.4, 0.5) is 11.6 Å². The number of rotatable bonds is 4. The van der Waals surface area contributed by atoms with E-state index in [1.165, 1.54) is 0 Å². The Bertz CT molecular complexity index is 1110. The molecule has 0 amide bonds. The Morgan fingerprint density at radius 3 is 2.92 bits per heavy atom. The molecule has 0 saturated heterocycles. The third-order valence-electron chi connectivity index (χ3n) is 4.51. The van der Waals surface area contributed by atoms with Gasteiger partial charge in [0.25, 0.3) is 5.56 Å². The van der Waals surface area contributed by atoms with Crippen LogP contribution in [0.2, 0.25) is 0 Å². The van der Waals surface area contributed by atoms with Crippen LogP contribution in [-0.4, -0.2) is 19.5 Å². The van der Waals surface area contributed by atoms with Crippen LogP contribution in [0.25, 0.3) is 21.9 Å². The fourth-order valence-electron chi connectivity index (χ4n) is 2.97. The maximum atomic E-state index is 12.3. The molecule has 0 aliphatic heterocycles. The minimum Gasteiger partial charge on any atom is -0.361 e. The average Bonchev–Trinajstić information content (AvgIpc) is 3.08. The molecule has 1 atom stereocenters. The molecule has 6 heteroatoms. The Kier molecular flexibility index (Phi) is 3.72. The highest BCUT2D eigenvalue weighted by Gasteiger charge is 2.11. The van der Waals surface area contributed by atoms with Gasteiger partial charge in [-0.2, -0.15) is 4.98 Å². The molecule has 3 heterocycles. The molecular weight excluding hydrogens is 314 g/mol. The molecule has 1 aromatic carbocycles. The maximum absolute atomic E-state index is 12.3. The smallest absolute Gasteiger partial charge is 0.252 e. The Morgan fingerprint density at radius 2 is 2.08 bits per heavy atom. The topological polar surface area (TPSA) is 75.6 Å². The van der Waals surface area contributed by atoms with Crippen LogP contribution in [0.1, 0.15) is 26.3 Å². The van der Waals surface area contributed by atoms with E-state index < -0.39 is 0 Å². The quantitative estimate of drug-likeness (QED) is 0.592. The number of H-pyrrole nitrogens is 1. The van der Waals surface area contributed by atoms with E-state index in [0.29, 0.717) is 11.6 Å². The van der Waals surface area contributed by atoms with Gasteiger partial charge in [0.2, 0.25) is 5.95 Å². The van der Waals surface area contributed by atoms with Gasteiger partial charge in [0.1, 0.15) is 5.65 Å². The number of aromatic nitrogens is 4. The van der Waals surface area contributed by atoms with Gasteiger partial charge in [0.05, 0.1) is 0 Å². The van der Waals surface area contributed by atoms with Gasteiger partial charge in [-0.1, -0.05) is 6.92 Å². The highest BCUT2D eigenvalue weighted by molar-refractivity contribution is 5.84. The summed E-state index contributed by atoms with van der Waals surface area (Å²) in [5, 5.41) is 5.20. The van der Waals surface area contributed by atoms with Gasteiger partial charge in [-0.3, -0.25) is 9.36 Å². The van der Waals surface area contributed by atoms with Crippen LogP contribution in [-0.2, 0) is 0 Å². The van der Waals surface area contributed by atoms with Gasteiger partial charge in [-0.05, 0) is 43.7 Å². The van der Waals surface area contributed by atoms with Gasteiger partial charge < -0.3 is 10.3 Å². The minimum atomic E-state index is -0.0414. The van der Waals surface area contributed by atoms with Crippen LogP contribution in [0.3, 0.4) is 0 Å². The number of hydrogen-bond donors (Lipinski definition) is 2. The van der Waals surface area contributed by atoms with E-state index in [1.807, 2.05) is 37.4 Å². The molecule has 1 unspecified atom stereocenters. The number of anilines is 2. The van der Waals surface area contributed by atoms with Gasteiger partial charge in [-0.15, -0.1) is 0 Å². The molecule has 126 valence electrons. The molecule has 0 fully saturated rings. The molecular formula is C19H19N5O. The minimum absolute atomic E-state index is 0.0414. The number of pyridine rings is 1. The van der Waals surface area contributed by atoms with Crippen LogP contribution >= 0.6 is 0 Å². The van der Waals surface area contributed by atoms with Crippen molar-refractivity contribution in [2.75, 3.05) is 5.32 Å². The Labute approximate surface area is 144 Å². The number of hydrogen-bond acceptors (Lipinski definition) is 4. The standard InChI is InChI=1S/C19H19N5O/c1-3-12(2)24-17(25)7-4-14-11-21-19(23-18(14)24)22-15-5-6-16-13(10-15)8-9-20-16/h4-12,20H,3H2,1-2H3,(H,21,22,23). The normalized spacial score (nSPS) is 12.6. The highest BCUT2D eigenvalue weighted by atomic mass is 16.1. The van der Waals surface area contributed by atoms with Crippen molar-refractivity contribution >= 4 is 33.6 Å². The van der Waals surface area contributed by atoms with Crippen molar-refractivity contribution in [3.63, 3.8) is 0 Å². The zero-order chi connectivity index (χ0) is 17.4. The molecule has 6 nitrogen and oxygen atoms in total. The average molecular weight is 333 g/mol. The summed E-state index contributed by atoms with van der Waals surface area (Å²) in [5.74, 6) is 0.477. The van der Waals surface area contributed by atoms with Crippen molar-refractivity contribution in [2.45, 2.75) is 26.3 Å². The Hall–Kier alpha value is -3.15. The molecule has 4 rings (SSSR count). The summed E-state index contributed by atoms with van der Waals surface area (Å²) in [5.41, 5.74) is 2.60. The van der Waals surface area contributed by atoms with Gasteiger partial charge in [0, 0.05) is 46.5 Å². The lowest BCUT2D eigenvalue weighted by molar-refractivity contribution is 0.528. The predicted octanol–water partition coefficient (Wildman–Crippen LogP) is 3.99. The lowest BCUT2D eigenvalue weighted by Gasteiger charge is -2.15. The molecule has 0 radical (unpaired) electrons. The predicted molar refractivity (Wildman–Crippen MR) is 100 cm³/mol. The Morgan fingerprint density at radius 1 is 1.20 bits per heavy atom. The van der Waals surface area contributed by atoms with Crippen LogP contribution in [0.15, 0.2) is 53.6 Å². The van der Waals surface area contributed by atoms with Crippen molar-refractivity contribution < 1.29 is 0 Å². The zero-order valence-corrected chi connectivity index (χ0v) is 14.2. The first-order valence-electron chi connectivity index (χ1n) is 8.38. The largest absolute Gasteiger partial charge is 0.361 e. The van der Waals surface area contributed by atoms with Gasteiger partial charge in [0.15, 0.2) is 0 Å². The lowest BCUT2D eigenvalue weighted by Crippen LogP contribution is -2.23. The van der Waals surface area contributed by atoms with Crippen LogP contribution in [0.5, 0.6) is 0 Å². The van der Waals surface area contributed by atoms with E-state index in [2.05, 4.69) is 27.2 Å². The second-order valence-corrected chi connectivity index (χ2v) is 6.18. The maximum Gasteiger partial charge on any atom is 0.252 e. The van der Waals surface area contributed by atoms with Gasteiger partial charge >= 0.3 is 0 Å².